The second-order valence-electron chi connectivity index (χ2n) is 3.37. The van der Waals surface area contributed by atoms with E-state index < -0.39 is 6.01 Å². The van der Waals surface area contributed by atoms with Gasteiger partial charge in [0.05, 0.1) is 6.26 Å². The highest BCUT2D eigenvalue weighted by molar-refractivity contribution is 5.76. The van der Waals surface area contributed by atoms with E-state index in [9.17, 15) is 10.2 Å². The summed E-state index contributed by atoms with van der Waals surface area (Å²) in [4.78, 5) is 11.2. The normalized spacial score (nSPS) is 19.1. The van der Waals surface area contributed by atoms with E-state index in [-0.39, 0.29) is 17.6 Å². The molecule has 3 heterocycles. The highest BCUT2D eigenvalue weighted by Gasteiger charge is 2.19. The van der Waals surface area contributed by atoms with Crippen LogP contribution in [0.5, 0.6) is 11.9 Å². The number of hydrogen-bond acceptors (Lipinski definition) is 6. The second-order valence-corrected chi connectivity index (χ2v) is 3.37. The van der Waals surface area contributed by atoms with E-state index in [4.69, 9.17) is 4.74 Å². The van der Waals surface area contributed by atoms with Gasteiger partial charge in [-0.05, 0) is 6.08 Å². The van der Waals surface area contributed by atoms with Gasteiger partial charge in [0, 0.05) is 6.42 Å². The average molecular weight is 220 g/mol. The first-order valence-electron chi connectivity index (χ1n) is 4.68. The van der Waals surface area contributed by atoms with Crippen LogP contribution in [0.3, 0.4) is 0 Å². The van der Waals surface area contributed by atoms with Crippen molar-refractivity contribution in [3.63, 3.8) is 0 Å². The largest absolute Gasteiger partial charge is 0.492 e. The standard InChI is InChI=1S/C9H8N4O3/c14-8-6-7(11-9(15)12-8)13(4-10-6)5-2-1-3-16-5/h1,3-5H,2H2,(H2,11,12,14,15). The zero-order valence-electron chi connectivity index (χ0n) is 8.11. The Morgan fingerprint density at radius 1 is 1.38 bits per heavy atom. The fourth-order valence-corrected chi connectivity index (χ4v) is 1.65. The summed E-state index contributed by atoms with van der Waals surface area (Å²) in [7, 11) is 0. The van der Waals surface area contributed by atoms with Gasteiger partial charge in [-0.2, -0.15) is 9.97 Å². The van der Waals surface area contributed by atoms with Gasteiger partial charge < -0.3 is 14.9 Å². The molecular formula is C9H8N4O3. The number of ether oxygens (including phenoxy) is 1. The first-order valence-corrected chi connectivity index (χ1v) is 4.68. The molecule has 7 heteroatoms. The number of aromatic hydroxyl groups is 2. The lowest BCUT2D eigenvalue weighted by Crippen LogP contribution is -2.06. The van der Waals surface area contributed by atoms with Crippen LogP contribution >= 0.6 is 0 Å². The second kappa shape index (κ2) is 3.09. The number of aromatic nitrogens is 4. The summed E-state index contributed by atoms with van der Waals surface area (Å²) >= 11 is 0. The molecule has 0 spiro atoms. The summed E-state index contributed by atoms with van der Waals surface area (Å²) in [6, 6.07) is -0.488. The fourth-order valence-electron chi connectivity index (χ4n) is 1.65. The molecule has 0 radical (unpaired) electrons. The maximum atomic E-state index is 9.46. The molecule has 3 rings (SSSR count). The number of fused-ring (bicyclic) bond motifs is 1. The Morgan fingerprint density at radius 2 is 2.25 bits per heavy atom. The van der Waals surface area contributed by atoms with Crippen molar-refractivity contribution in [2.24, 2.45) is 0 Å². The van der Waals surface area contributed by atoms with Crippen molar-refractivity contribution in [1.29, 1.82) is 0 Å². The van der Waals surface area contributed by atoms with Crippen LogP contribution in [-0.4, -0.2) is 29.7 Å². The Kier molecular flexibility index (Phi) is 1.73. The van der Waals surface area contributed by atoms with Crippen molar-refractivity contribution < 1.29 is 14.9 Å². The molecule has 1 atom stereocenters. The van der Waals surface area contributed by atoms with Gasteiger partial charge in [0.15, 0.2) is 17.4 Å². The number of imidazole rings is 1. The highest BCUT2D eigenvalue weighted by Crippen LogP contribution is 2.28. The van der Waals surface area contributed by atoms with E-state index in [1.54, 1.807) is 10.8 Å². The Bertz CT molecular complexity index is 569. The molecule has 7 nitrogen and oxygen atoms in total. The first-order chi connectivity index (χ1) is 7.75. The van der Waals surface area contributed by atoms with Gasteiger partial charge >= 0.3 is 6.01 Å². The topological polar surface area (TPSA) is 93.3 Å². The molecule has 1 aliphatic rings. The van der Waals surface area contributed by atoms with Crippen molar-refractivity contribution in [3.05, 3.63) is 18.7 Å². The molecule has 16 heavy (non-hydrogen) atoms. The van der Waals surface area contributed by atoms with Crippen LogP contribution in [0, 0.1) is 0 Å². The van der Waals surface area contributed by atoms with Crippen LogP contribution in [0.2, 0.25) is 0 Å². The summed E-state index contributed by atoms with van der Waals surface area (Å²) in [5, 5.41) is 18.7. The van der Waals surface area contributed by atoms with E-state index in [0.717, 1.165) is 0 Å². The van der Waals surface area contributed by atoms with Gasteiger partial charge in [0.1, 0.15) is 6.33 Å². The van der Waals surface area contributed by atoms with E-state index in [0.29, 0.717) is 12.1 Å². The SMILES string of the molecule is Oc1nc(O)c2ncn(C3CC=CO3)c2n1. The van der Waals surface area contributed by atoms with Gasteiger partial charge in [-0.3, -0.25) is 4.57 Å². The molecule has 82 valence electrons. The zero-order valence-corrected chi connectivity index (χ0v) is 8.11. The molecule has 0 bridgehead atoms. The lowest BCUT2D eigenvalue weighted by Gasteiger charge is -2.11. The predicted octanol–water partition coefficient (Wildman–Crippen LogP) is 0.670. The molecule has 0 aromatic carbocycles. The monoisotopic (exact) mass is 220 g/mol. The first kappa shape index (κ1) is 8.96. The molecule has 0 aliphatic carbocycles. The minimum Gasteiger partial charge on any atom is -0.492 e. The summed E-state index contributed by atoms with van der Waals surface area (Å²) in [5.41, 5.74) is 0.590. The Morgan fingerprint density at radius 3 is 3.00 bits per heavy atom. The maximum absolute atomic E-state index is 9.46. The Labute approximate surface area is 89.7 Å². The van der Waals surface area contributed by atoms with Crippen molar-refractivity contribution in [2.45, 2.75) is 12.6 Å². The fraction of sp³-hybridized carbons (Fsp3) is 0.222. The predicted molar refractivity (Wildman–Crippen MR) is 52.5 cm³/mol. The molecule has 0 amide bonds. The van der Waals surface area contributed by atoms with Crippen LogP contribution in [0.1, 0.15) is 12.6 Å². The molecule has 1 aliphatic heterocycles. The van der Waals surface area contributed by atoms with Crippen molar-refractivity contribution in [2.75, 3.05) is 0 Å². The summed E-state index contributed by atoms with van der Waals surface area (Å²) in [6.45, 7) is 0. The number of hydrogen-bond donors (Lipinski definition) is 2. The number of nitrogens with zero attached hydrogens (tertiary/aromatic N) is 4. The minimum absolute atomic E-state index is 0.237. The third kappa shape index (κ3) is 1.18. The van der Waals surface area contributed by atoms with Crippen molar-refractivity contribution in [1.82, 2.24) is 19.5 Å². The quantitative estimate of drug-likeness (QED) is 0.733. The zero-order chi connectivity index (χ0) is 11.1. The third-order valence-corrected chi connectivity index (χ3v) is 2.37. The molecule has 2 N–H and O–H groups in total. The maximum Gasteiger partial charge on any atom is 0.319 e. The summed E-state index contributed by atoms with van der Waals surface area (Å²) < 4.78 is 6.94. The summed E-state index contributed by atoms with van der Waals surface area (Å²) in [5.74, 6) is -0.341. The van der Waals surface area contributed by atoms with E-state index >= 15 is 0 Å². The smallest absolute Gasteiger partial charge is 0.319 e. The average Bonchev–Trinajstić information content (AvgIpc) is 2.83. The van der Waals surface area contributed by atoms with Crippen molar-refractivity contribution in [3.8, 4) is 11.9 Å². The van der Waals surface area contributed by atoms with Crippen molar-refractivity contribution >= 4 is 11.2 Å². The lowest BCUT2D eigenvalue weighted by atomic mass is 10.4. The molecule has 2 aromatic heterocycles. The van der Waals surface area contributed by atoms with Crippen LogP contribution in [-0.2, 0) is 4.74 Å². The molecule has 2 aromatic rings. The molecule has 1 unspecified atom stereocenters. The van der Waals surface area contributed by atoms with Gasteiger partial charge in [0.25, 0.3) is 0 Å². The third-order valence-electron chi connectivity index (χ3n) is 2.37. The van der Waals surface area contributed by atoms with Crippen LogP contribution < -0.4 is 0 Å². The van der Waals surface area contributed by atoms with Gasteiger partial charge in [0.2, 0.25) is 5.88 Å². The Hall–Kier alpha value is -2.31. The van der Waals surface area contributed by atoms with E-state index in [2.05, 4.69) is 15.0 Å². The molecular weight excluding hydrogens is 212 g/mol. The van der Waals surface area contributed by atoms with Gasteiger partial charge in [-0.1, -0.05) is 0 Å². The van der Waals surface area contributed by atoms with Crippen LogP contribution in [0.4, 0.5) is 0 Å². The number of rotatable bonds is 1. The Balaban J connectivity index is 2.18. The summed E-state index contributed by atoms with van der Waals surface area (Å²) in [6.07, 6.45) is 5.42. The lowest BCUT2D eigenvalue weighted by molar-refractivity contribution is 0.108. The molecule has 0 fully saturated rings. The minimum atomic E-state index is -0.488. The van der Waals surface area contributed by atoms with E-state index in [1.165, 1.54) is 6.33 Å². The van der Waals surface area contributed by atoms with Crippen LogP contribution in [0.15, 0.2) is 18.7 Å². The van der Waals surface area contributed by atoms with Gasteiger partial charge in [-0.15, -0.1) is 0 Å². The molecule has 0 saturated carbocycles. The van der Waals surface area contributed by atoms with E-state index in [1.807, 2.05) is 6.08 Å². The van der Waals surface area contributed by atoms with Crippen LogP contribution in [0.25, 0.3) is 11.2 Å². The molecule has 0 saturated heterocycles. The highest BCUT2D eigenvalue weighted by atomic mass is 16.5. The van der Waals surface area contributed by atoms with Gasteiger partial charge in [-0.25, -0.2) is 4.98 Å².